The summed E-state index contributed by atoms with van der Waals surface area (Å²) >= 11 is 1.58. The lowest BCUT2D eigenvalue weighted by Gasteiger charge is -2.11. The molecule has 0 atom stereocenters. The number of rotatable bonds is 3. The fourth-order valence-corrected chi connectivity index (χ4v) is 3.96. The topological polar surface area (TPSA) is 45.2 Å². The van der Waals surface area contributed by atoms with E-state index in [1.54, 1.807) is 17.4 Å². The van der Waals surface area contributed by atoms with Gasteiger partial charge in [-0.15, -0.1) is 0 Å². The summed E-state index contributed by atoms with van der Waals surface area (Å²) in [6, 6.07) is 8.29. The van der Waals surface area contributed by atoms with Crippen molar-refractivity contribution < 1.29 is 13.6 Å². The van der Waals surface area contributed by atoms with Gasteiger partial charge in [0.1, 0.15) is 11.6 Å². The van der Waals surface area contributed by atoms with Gasteiger partial charge in [0.25, 0.3) is 5.91 Å². The van der Waals surface area contributed by atoms with Gasteiger partial charge in [0.15, 0.2) is 5.13 Å². The van der Waals surface area contributed by atoms with Gasteiger partial charge in [-0.05, 0) is 43.2 Å². The molecule has 0 bridgehead atoms. The number of anilines is 2. The highest BCUT2D eigenvalue weighted by molar-refractivity contribution is 7.22. The van der Waals surface area contributed by atoms with Crippen molar-refractivity contribution in [3.63, 3.8) is 0 Å². The normalized spacial score (nSPS) is 14.2. The molecule has 1 saturated heterocycles. The SMILES string of the molecule is O=C(Nc1ccc2nc(N3CCCC3)sc2c1)c1ccc(F)cc1F. The van der Waals surface area contributed by atoms with E-state index in [1.807, 2.05) is 12.1 Å². The molecule has 1 aliphatic rings. The van der Waals surface area contributed by atoms with Gasteiger partial charge in [0, 0.05) is 24.8 Å². The maximum atomic E-state index is 13.7. The van der Waals surface area contributed by atoms with Crippen LogP contribution in [0.2, 0.25) is 0 Å². The van der Waals surface area contributed by atoms with Crippen LogP contribution in [0, 0.1) is 11.6 Å². The first-order valence-corrected chi connectivity index (χ1v) is 8.84. The van der Waals surface area contributed by atoms with Crippen molar-refractivity contribution in [1.82, 2.24) is 4.98 Å². The van der Waals surface area contributed by atoms with Gasteiger partial charge in [-0.1, -0.05) is 11.3 Å². The van der Waals surface area contributed by atoms with Crippen molar-refractivity contribution in [2.45, 2.75) is 12.8 Å². The highest BCUT2D eigenvalue weighted by Gasteiger charge is 2.17. The number of hydrogen-bond acceptors (Lipinski definition) is 4. The molecule has 128 valence electrons. The van der Waals surface area contributed by atoms with Crippen LogP contribution < -0.4 is 10.2 Å². The first-order valence-electron chi connectivity index (χ1n) is 8.02. The third-order valence-electron chi connectivity index (χ3n) is 4.19. The monoisotopic (exact) mass is 359 g/mol. The molecule has 0 aliphatic carbocycles. The van der Waals surface area contributed by atoms with Gasteiger partial charge in [-0.25, -0.2) is 13.8 Å². The molecule has 1 amide bonds. The predicted molar refractivity (Wildman–Crippen MR) is 95.4 cm³/mol. The van der Waals surface area contributed by atoms with E-state index in [0.29, 0.717) is 11.8 Å². The number of carbonyl (C=O) groups excluding carboxylic acids is 1. The summed E-state index contributed by atoms with van der Waals surface area (Å²) in [6.07, 6.45) is 2.36. The van der Waals surface area contributed by atoms with E-state index in [1.165, 1.54) is 12.8 Å². The number of amides is 1. The van der Waals surface area contributed by atoms with Gasteiger partial charge in [-0.3, -0.25) is 4.79 Å². The maximum absolute atomic E-state index is 13.7. The fraction of sp³-hybridized carbons (Fsp3) is 0.222. The van der Waals surface area contributed by atoms with Crippen LogP contribution in [0.3, 0.4) is 0 Å². The van der Waals surface area contributed by atoms with Crippen LogP contribution in [-0.4, -0.2) is 24.0 Å². The molecule has 1 aliphatic heterocycles. The van der Waals surface area contributed by atoms with Crippen LogP contribution >= 0.6 is 11.3 Å². The number of nitrogens with one attached hydrogen (secondary N) is 1. The summed E-state index contributed by atoms with van der Waals surface area (Å²) in [5.74, 6) is -2.21. The number of carbonyl (C=O) groups is 1. The standard InChI is InChI=1S/C18H15F2N3OS/c19-11-3-5-13(14(20)9-11)17(24)21-12-4-6-15-16(10-12)25-18(22-15)23-7-1-2-8-23/h3-6,9-10H,1-2,7-8H2,(H,21,24). The van der Waals surface area contributed by atoms with Crippen LogP contribution in [-0.2, 0) is 0 Å². The number of fused-ring (bicyclic) bond motifs is 1. The molecule has 1 fully saturated rings. The summed E-state index contributed by atoms with van der Waals surface area (Å²) < 4.78 is 27.6. The van der Waals surface area contributed by atoms with Gasteiger partial charge < -0.3 is 10.2 Å². The van der Waals surface area contributed by atoms with Crippen molar-refractivity contribution in [1.29, 1.82) is 0 Å². The number of nitrogens with zero attached hydrogens (tertiary/aromatic N) is 2. The van der Waals surface area contributed by atoms with Gasteiger partial charge in [0.2, 0.25) is 0 Å². The zero-order valence-corrected chi connectivity index (χ0v) is 14.1. The highest BCUT2D eigenvalue weighted by atomic mass is 32.1. The highest BCUT2D eigenvalue weighted by Crippen LogP contribution is 2.32. The van der Waals surface area contributed by atoms with Crippen LogP contribution in [0.4, 0.5) is 19.6 Å². The Bertz CT molecular complexity index is 951. The van der Waals surface area contributed by atoms with E-state index in [-0.39, 0.29) is 5.56 Å². The Morgan fingerprint density at radius 1 is 1.12 bits per heavy atom. The molecule has 7 heteroatoms. The quantitative estimate of drug-likeness (QED) is 0.753. The minimum absolute atomic E-state index is 0.191. The largest absolute Gasteiger partial charge is 0.348 e. The van der Waals surface area contributed by atoms with Crippen molar-refractivity contribution >= 4 is 38.3 Å². The second-order valence-electron chi connectivity index (χ2n) is 5.95. The number of hydrogen-bond donors (Lipinski definition) is 1. The zero-order valence-electron chi connectivity index (χ0n) is 13.3. The second kappa shape index (κ2) is 6.40. The smallest absolute Gasteiger partial charge is 0.258 e. The molecule has 3 aromatic rings. The van der Waals surface area contributed by atoms with Crippen LogP contribution in [0.1, 0.15) is 23.2 Å². The maximum Gasteiger partial charge on any atom is 0.258 e. The van der Waals surface area contributed by atoms with E-state index in [9.17, 15) is 13.6 Å². The van der Waals surface area contributed by atoms with Crippen molar-refractivity contribution in [3.05, 3.63) is 53.6 Å². The third kappa shape index (κ3) is 3.19. The molecule has 4 rings (SSSR count). The zero-order chi connectivity index (χ0) is 17.4. The molecule has 2 heterocycles. The Labute approximate surface area is 147 Å². The molecule has 0 saturated carbocycles. The predicted octanol–water partition coefficient (Wildman–Crippen LogP) is 4.43. The van der Waals surface area contributed by atoms with Gasteiger partial charge in [0.05, 0.1) is 15.8 Å². The minimum Gasteiger partial charge on any atom is -0.348 e. The Morgan fingerprint density at radius 2 is 1.92 bits per heavy atom. The first-order chi connectivity index (χ1) is 12.1. The number of halogens is 2. The van der Waals surface area contributed by atoms with Crippen LogP contribution in [0.5, 0.6) is 0 Å². The Kier molecular flexibility index (Phi) is 4.09. The summed E-state index contributed by atoms with van der Waals surface area (Å²) in [6.45, 7) is 2.04. The molecular weight excluding hydrogens is 344 g/mol. The fourth-order valence-electron chi connectivity index (χ4n) is 2.91. The van der Waals surface area contributed by atoms with E-state index in [2.05, 4.69) is 15.2 Å². The molecule has 1 aromatic heterocycles. The molecule has 4 nitrogen and oxygen atoms in total. The Morgan fingerprint density at radius 3 is 2.68 bits per heavy atom. The Hall–Kier alpha value is -2.54. The van der Waals surface area contributed by atoms with Crippen molar-refractivity contribution in [3.8, 4) is 0 Å². The average molecular weight is 359 g/mol. The van der Waals surface area contributed by atoms with Crippen LogP contribution in [0.25, 0.3) is 10.2 Å². The van der Waals surface area contributed by atoms with E-state index in [4.69, 9.17) is 0 Å². The molecular formula is C18H15F2N3OS. The number of aromatic nitrogens is 1. The average Bonchev–Trinajstić information content (AvgIpc) is 3.23. The van der Waals surface area contributed by atoms with E-state index < -0.39 is 17.5 Å². The molecule has 25 heavy (non-hydrogen) atoms. The summed E-state index contributed by atoms with van der Waals surface area (Å²) in [7, 11) is 0. The van der Waals surface area contributed by atoms with Gasteiger partial charge >= 0.3 is 0 Å². The second-order valence-corrected chi connectivity index (χ2v) is 6.96. The Balaban J connectivity index is 1.57. The summed E-state index contributed by atoms with van der Waals surface area (Å²) in [5.41, 5.74) is 1.24. The molecule has 0 unspecified atom stereocenters. The van der Waals surface area contributed by atoms with Crippen LogP contribution in [0.15, 0.2) is 36.4 Å². The summed E-state index contributed by atoms with van der Waals surface area (Å²) in [5, 5.41) is 3.64. The van der Waals surface area contributed by atoms with E-state index in [0.717, 1.165) is 40.6 Å². The lowest BCUT2D eigenvalue weighted by Crippen LogP contribution is -2.16. The lowest BCUT2D eigenvalue weighted by molar-refractivity contribution is 0.102. The molecule has 2 aromatic carbocycles. The van der Waals surface area contributed by atoms with Gasteiger partial charge in [-0.2, -0.15) is 0 Å². The third-order valence-corrected chi connectivity index (χ3v) is 5.27. The first kappa shape index (κ1) is 16.0. The van der Waals surface area contributed by atoms with E-state index >= 15 is 0 Å². The minimum atomic E-state index is -0.882. The summed E-state index contributed by atoms with van der Waals surface area (Å²) in [4.78, 5) is 19.1. The molecule has 0 radical (unpaired) electrons. The molecule has 0 spiro atoms. The molecule has 1 N–H and O–H groups in total. The lowest BCUT2D eigenvalue weighted by atomic mass is 10.2. The number of thiazole rings is 1. The van der Waals surface area contributed by atoms with Crippen molar-refractivity contribution in [2.75, 3.05) is 23.3 Å². The van der Waals surface area contributed by atoms with Crippen molar-refractivity contribution in [2.24, 2.45) is 0 Å². The number of benzene rings is 2.